The molecule has 0 aliphatic heterocycles. The Balaban J connectivity index is 2.03. The topological polar surface area (TPSA) is 46.2 Å². The number of methoxy groups -OCH3 is 1. The lowest BCUT2D eigenvalue weighted by Crippen LogP contribution is -2.31. The molecule has 0 bridgehead atoms. The Labute approximate surface area is 130 Å². The Kier molecular flexibility index (Phi) is 5.11. The number of aromatic nitrogens is 1. The number of thiocarbonyl (C=S) groups is 1. The van der Waals surface area contributed by atoms with Gasteiger partial charge in [-0.3, -0.25) is 0 Å². The first kappa shape index (κ1) is 15.3. The first-order chi connectivity index (χ1) is 10.1. The molecule has 0 saturated heterocycles. The van der Waals surface area contributed by atoms with Crippen LogP contribution in [0.5, 0.6) is 5.75 Å². The number of pyridine rings is 1. The second-order valence-electron chi connectivity index (χ2n) is 4.73. The minimum Gasteiger partial charge on any atom is -0.493 e. The lowest BCUT2D eigenvalue weighted by atomic mass is 10.0. The van der Waals surface area contributed by atoms with Crippen LogP contribution < -0.4 is 15.4 Å². The van der Waals surface area contributed by atoms with E-state index in [0.29, 0.717) is 16.7 Å². The summed E-state index contributed by atoms with van der Waals surface area (Å²) in [5.74, 6) is 1.26. The number of aryl methyl sites for hydroxylation is 1. The third kappa shape index (κ3) is 3.92. The zero-order valence-electron chi connectivity index (χ0n) is 12.4. The Morgan fingerprint density at radius 2 is 2.00 bits per heavy atom. The number of nitrogens with one attached hydrogen (secondary N) is 2. The number of hydrogen-bond donors (Lipinski definition) is 2. The summed E-state index contributed by atoms with van der Waals surface area (Å²) in [7, 11) is 1.61. The Morgan fingerprint density at radius 1 is 1.24 bits per heavy atom. The summed E-state index contributed by atoms with van der Waals surface area (Å²) in [6.07, 6.45) is 1.69. The molecule has 5 heteroatoms. The molecule has 1 atom stereocenters. The number of ether oxygens (including phenoxy) is 1. The van der Waals surface area contributed by atoms with Crippen molar-refractivity contribution in [1.29, 1.82) is 0 Å². The van der Waals surface area contributed by atoms with Gasteiger partial charge in [0.15, 0.2) is 16.7 Å². The average Bonchev–Trinajstić information content (AvgIpc) is 2.48. The van der Waals surface area contributed by atoms with E-state index in [2.05, 4.69) is 41.6 Å². The van der Waals surface area contributed by atoms with Crippen molar-refractivity contribution in [3.8, 4) is 5.75 Å². The molecule has 0 aliphatic rings. The molecule has 0 aliphatic carbocycles. The van der Waals surface area contributed by atoms with Crippen LogP contribution in [0.2, 0.25) is 0 Å². The fourth-order valence-electron chi connectivity index (χ4n) is 2.14. The van der Waals surface area contributed by atoms with E-state index in [1.807, 2.05) is 24.3 Å². The maximum absolute atomic E-state index is 5.35. The molecule has 1 aromatic carbocycles. The molecule has 110 valence electrons. The van der Waals surface area contributed by atoms with E-state index in [-0.39, 0.29) is 6.04 Å². The van der Waals surface area contributed by atoms with E-state index < -0.39 is 0 Å². The van der Waals surface area contributed by atoms with Gasteiger partial charge in [-0.2, -0.15) is 0 Å². The Hall–Kier alpha value is -2.14. The van der Waals surface area contributed by atoms with Gasteiger partial charge in [0, 0.05) is 6.20 Å². The molecule has 2 aromatic rings. The highest BCUT2D eigenvalue weighted by Gasteiger charge is 2.11. The monoisotopic (exact) mass is 301 g/mol. The zero-order valence-corrected chi connectivity index (χ0v) is 13.2. The van der Waals surface area contributed by atoms with Gasteiger partial charge in [-0.1, -0.05) is 24.3 Å². The van der Waals surface area contributed by atoms with Crippen LogP contribution in [0, 0.1) is 6.92 Å². The van der Waals surface area contributed by atoms with Crippen LogP contribution in [0.15, 0.2) is 42.6 Å². The molecule has 0 unspecified atom stereocenters. The maximum Gasteiger partial charge on any atom is 0.174 e. The van der Waals surface area contributed by atoms with Crippen LogP contribution in [0.25, 0.3) is 0 Å². The molecule has 2 N–H and O–H groups in total. The van der Waals surface area contributed by atoms with Crippen LogP contribution in [0.1, 0.15) is 24.1 Å². The van der Waals surface area contributed by atoms with Crippen molar-refractivity contribution in [1.82, 2.24) is 10.3 Å². The zero-order chi connectivity index (χ0) is 15.2. The smallest absolute Gasteiger partial charge is 0.174 e. The second kappa shape index (κ2) is 7.04. The van der Waals surface area contributed by atoms with Crippen molar-refractivity contribution < 1.29 is 4.74 Å². The normalized spacial score (nSPS) is 11.6. The van der Waals surface area contributed by atoms with Crippen molar-refractivity contribution in [2.45, 2.75) is 19.9 Å². The highest BCUT2D eigenvalue weighted by atomic mass is 32.1. The Bertz CT molecular complexity index is 630. The van der Waals surface area contributed by atoms with Crippen molar-refractivity contribution in [2.75, 3.05) is 12.4 Å². The summed E-state index contributed by atoms with van der Waals surface area (Å²) in [6.45, 7) is 4.16. The predicted octanol–water partition coefficient (Wildman–Crippen LogP) is 3.45. The number of anilines is 1. The molecule has 0 amide bonds. The third-order valence-corrected chi connectivity index (χ3v) is 3.45. The van der Waals surface area contributed by atoms with Crippen molar-refractivity contribution in [3.63, 3.8) is 0 Å². The van der Waals surface area contributed by atoms with Gasteiger partial charge in [-0.25, -0.2) is 4.98 Å². The molecule has 0 spiro atoms. The van der Waals surface area contributed by atoms with E-state index >= 15 is 0 Å². The lowest BCUT2D eigenvalue weighted by molar-refractivity contribution is 0.415. The lowest BCUT2D eigenvalue weighted by Gasteiger charge is -2.19. The minimum atomic E-state index is 0.112. The van der Waals surface area contributed by atoms with E-state index in [1.54, 1.807) is 13.3 Å². The number of nitrogens with zero attached hydrogens (tertiary/aromatic N) is 1. The maximum atomic E-state index is 5.35. The molecular formula is C16H19N3OS. The van der Waals surface area contributed by atoms with Crippen LogP contribution in [0.4, 0.5) is 5.82 Å². The largest absolute Gasteiger partial charge is 0.493 e. The summed E-state index contributed by atoms with van der Waals surface area (Å²) in [5, 5.41) is 6.84. The van der Waals surface area contributed by atoms with E-state index in [9.17, 15) is 0 Å². The summed E-state index contributed by atoms with van der Waals surface area (Å²) >= 11 is 5.35. The summed E-state index contributed by atoms with van der Waals surface area (Å²) < 4.78 is 5.24. The van der Waals surface area contributed by atoms with E-state index in [4.69, 9.17) is 17.0 Å². The van der Waals surface area contributed by atoms with Gasteiger partial charge < -0.3 is 15.4 Å². The van der Waals surface area contributed by atoms with Crippen molar-refractivity contribution >= 4 is 23.1 Å². The van der Waals surface area contributed by atoms with Crippen LogP contribution in [-0.2, 0) is 0 Å². The number of rotatable bonds is 4. The Morgan fingerprint density at radius 3 is 2.71 bits per heavy atom. The van der Waals surface area contributed by atoms with Gasteiger partial charge in [0.25, 0.3) is 0 Å². The standard InChI is InChI=1S/C16H19N3OS/c1-11-7-4-5-8-13(11)12(2)18-16(21)19-15-14(20-3)9-6-10-17-15/h4-10,12H,1-3H3,(H2,17,18,19,21)/t12-/m1/s1. The van der Waals surface area contributed by atoms with Crippen LogP contribution in [-0.4, -0.2) is 17.2 Å². The minimum absolute atomic E-state index is 0.112. The quantitative estimate of drug-likeness (QED) is 0.847. The fourth-order valence-corrected chi connectivity index (χ4v) is 2.41. The fraction of sp³-hybridized carbons (Fsp3) is 0.250. The number of benzene rings is 1. The highest BCUT2D eigenvalue weighted by Crippen LogP contribution is 2.21. The van der Waals surface area contributed by atoms with Gasteiger partial charge in [0.2, 0.25) is 0 Å². The predicted molar refractivity (Wildman–Crippen MR) is 89.7 cm³/mol. The molecule has 0 radical (unpaired) electrons. The van der Waals surface area contributed by atoms with Gasteiger partial charge >= 0.3 is 0 Å². The summed E-state index contributed by atoms with van der Waals surface area (Å²) in [6, 6.07) is 12.0. The van der Waals surface area contributed by atoms with E-state index in [0.717, 1.165) is 0 Å². The summed E-state index contributed by atoms with van der Waals surface area (Å²) in [4.78, 5) is 4.22. The molecule has 4 nitrogen and oxygen atoms in total. The van der Waals surface area contributed by atoms with Gasteiger partial charge in [-0.15, -0.1) is 0 Å². The van der Waals surface area contributed by atoms with Gasteiger partial charge in [-0.05, 0) is 49.3 Å². The molecule has 0 fully saturated rings. The molecule has 1 heterocycles. The first-order valence-corrected chi connectivity index (χ1v) is 7.14. The molecule has 1 aromatic heterocycles. The molecular weight excluding hydrogens is 282 g/mol. The number of hydrogen-bond acceptors (Lipinski definition) is 3. The molecule has 2 rings (SSSR count). The van der Waals surface area contributed by atoms with E-state index in [1.165, 1.54) is 11.1 Å². The van der Waals surface area contributed by atoms with Crippen LogP contribution in [0.3, 0.4) is 0 Å². The van der Waals surface area contributed by atoms with Crippen molar-refractivity contribution in [2.24, 2.45) is 0 Å². The first-order valence-electron chi connectivity index (χ1n) is 6.74. The van der Waals surface area contributed by atoms with Gasteiger partial charge in [0.05, 0.1) is 13.2 Å². The molecule has 21 heavy (non-hydrogen) atoms. The highest BCUT2D eigenvalue weighted by molar-refractivity contribution is 7.80. The van der Waals surface area contributed by atoms with Gasteiger partial charge in [0.1, 0.15) is 0 Å². The average molecular weight is 301 g/mol. The SMILES string of the molecule is COc1cccnc1NC(=S)N[C@H](C)c1ccccc1C. The van der Waals surface area contributed by atoms with Crippen LogP contribution >= 0.6 is 12.2 Å². The molecule has 0 saturated carbocycles. The summed E-state index contributed by atoms with van der Waals surface area (Å²) in [5.41, 5.74) is 2.45. The second-order valence-corrected chi connectivity index (χ2v) is 5.14. The third-order valence-electron chi connectivity index (χ3n) is 3.23. The van der Waals surface area contributed by atoms with Crippen molar-refractivity contribution in [3.05, 3.63) is 53.7 Å².